The number of hydrogen-bond donors (Lipinski definition) is 0. The largest absolute Gasteiger partial charge is 0.454 e. The highest BCUT2D eigenvalue weighted by atomic mass is 16.3. The van der Waals surface area contributed by atoms with E-state index in [2.05, 4.69) is 163 Å². The van der Waals surface area contributed by atoms with Crippen LogP contribution in [0.5, 0.6) is 0 Å². The lowest BCUT2D eigenvalue weighted by Crippen LogP contribution is -2.09. The summed E-state index contributed by atoms with van der Waals surface area (Å²) in [5.74, 6) is 0. The second-order valence-corrected chi connectivity index (χ2v) is 12.0. The van der Waals surface area contributed by atoms with E-state index < -0.39 is 0 Å². The molecule has 3 nitrogen and oxygen atoms in total. The van der Waals surface area contributed by atoms with Crippen LogP contribution in [0.25, 0.3) is 66.2 Å². The maximum absolute atomic E-state index is 6.02. The van der Waals surface area contributed by atoms with Crippen LogP contribution >= 0.6 is 0 Å². The molecule has 0 fully saturated rings. The number of pyridine rings is 1. The van der Waals surface area contributed by atoms with Crippen LogP contribution in [0.2, 0.25) is 0 Å². The molecule has 0 radical (unpaired) electrons. The minimum Gasteiger partial charge on any atom is -0.454 e. The van der Waals surface area contributed by atoms with Crippen molar-refractivity contribution in [1.82, 2.24) is 4.98 Å². The van der Waals surface area contributed by atoms with Gasteiger partial charge in [0.25, 0.3) is 0 Å². The van der Waals surface area contributed by atoms with Crippen LogP contribution in [0.1, 0.15) is 0 Å². The average Bonchev–Trinajstić information content (AvgIpc) is 3.54. The van der Waals surface area contributed by atoms with Gasteiger partial charge in [0.1, 0.15) is 5.58 Å². The molecule has 7 aromatic carbocycles. The van der Waals surface area contributed by atoms with Gasteiger partial charge in [-0.2, -0.15) is 0 Å². The monoisotopic (exact) mass is 614 g/mol. The zero-order valence-corrected chi connectivity index (χ0v) is 26.1. The molecule has 0 unspecified atom stereocenters. The number of nitrogens with zero attached hydrogens (tertiary/aromatic N) is 2. The summed E-state index contributed by atoms with van der Waals surface area (Å²) >= 11 is 0. The molecule has 2 aromatic heterocycles. The highest BCUT2D eigenvalue weighted by Gasteiger charge is 2.15. The third-order valence-corrected chi connectivity index (χ3v) is 9.14. The second kappa shape index (κ2) is 11.7. The van der Waals surface area contributed by atoms with Crippen molar-refractivity contribution in [2.75, 3.05) is 4.90 Å². The van der Waals surface area contributed by atoms with Crippen LogP contribution in [-0.4, -0.2) is 4.98 Å². The van der Waals surface area contributed by atoms with Gasteiger partial charge in [-0.25, -0.2) is 0 Å². The highest BCUT2D eigenvalue weighted by molar-refractivity contribution is 6.05. The zero-order chi connectivity index (χ0) is 31.9. The van der Waals surface area contributed by atoms with Gasteiger partial charge in [0, 0.05) is 33.4 Å². The smallest absolute Gasteiger partial charge is 0.153 e. The number of fused-ring (bicyclic) bond motifs is 4. The summed E-state index contributed by atoms with van der Waals surface area (Å²) in [5, 5.41) is 4.68. The van der Waals surface area contributed by atoms with E-state index >= 15 is 0 Å². The van der Waals surface area contributed by atoms with E-state index in [9.17, 15) is 0 Å². The number of rotatable bonds is 6. The molecule has 0 saturated carbocycles. The van der Waals surface area contributed by atoms with Crippen molar-refractivity contribution < 1.29 is 4.42 Å². The van der Waals surface area contributed by atoms with Crippen molar-refractivity contribution in [2.45, 2.75) is 0 Å². The van der Waals surface area contributed by atoms with Crippen molar-refractivity contribution in [3.05, 3.63) is 182 Å². The van der Waals surface area contributed by atoms with Gasteiger partial charge in [-0.05, 0) is 81.6 Å². The Hall–Kier alpha value is -6.45. The van der Waals surface area contributed by atoms with E-state index in [-0.39, 0.29) is 0 Å². The first-order chi connectivity index (χ1) is 23.8. The SMILES string of the molecule is c1ccc(-c2ccc(N(c3ccc(-c4cc5c(cn4)oc4ccccc45)cc3)c3ccc(-c4cccc5ccccc45)cc3)cc2)cc1. The number of hydrogen-bond acceptors (Lipinski definition) is 3. The van der Waals surface area contributed by atoms with Crippen molar-refractivity contribution >= 4 is 49.8 Å². The molecule has 0 aliphatic rings. The first kappa shape index (κ1) is 27.8. The Morgan fingerprint density at radius 3 is 1.69 bits per heavy atom. The van der Waals surface area contributed by atoms with Crippen molar-refractivity contribution in [1.29, 1.82) is 0 Å². The molecular weight excluding hydrogens is 585 g/mol. The van der Waals surface area contributed by atoms with E-state index in [1.54, 1.807) is 0 Å². The van der Waals surface area contributed by atoms with Gasteiger partial charge in [-0.3, -0.25) is 4.98 Å². The molecule has 9 rings (SSSR count). The Bertz CT molecular complexity index is 2530. The fourth-order valence-corrected chi connectivity index (χ4v) is 6.72. The van der Waals surface area contributed by atoms with E-state index in [1.807, 2.05) is 24.4 Å². The Morgan fingerprint density at radius 2 is 0.958 bits per heavy atom. The zero-order valence-electron chi connectivity index (χ0n) is 26.1. The lowest BCUT2D eigenvalue weighted by atomic mass is 9.98. The fourth-order valence-electron chi connectivity index (χ4n) is 6.72. The number of benzene rings is 7. The van der Waals surface area contributed by atoms with Crippen LogP contribution in [0.3, 0.4) is 0 Å². The van der Waals surface area contributed by atoms with Gasteiger partial charge < -0.3 is 9.32 Å². The maximum atomic E-state index is 6.02. The topological polar surface area (TPSA) is 29.3 Å². The van der Waals surface area contributed by atoms with Crippen LogP contribution in [0, 0.1) is 0 Å². The lowest BCUT2D eigenvalue weighted by Gasteiger charge is -2.26. The number of para-hydroxylation sites is 1. The number of anilines is 3. The summed E-state index contributed by atoms with van der Waals surface area (Å²) in [5.41, 5.74) is 11.7. The highest BCUT2D eigenvalue weighted by Crippen LogP contribution is 2.39. The van der Waals surface area contributed by atoms with Gasteiger partial charge in [-0.1, -0.05) is 127 Å². The van der Waals surface area contributed by atoms with Gasteiger partial charge in [0.05, 0.1) is 11.9 Å². The standard InChI is InChI=1S/C45H30N2O/c1-2-9-31(10-3-1)32-17-23-36(24-18-32)47(37-25-19-34(20-26-37)40-15-8-12-33-11-4-5-13-39(33)40)38-27-21-35(22-28-38)43-29-42-41-14-6-7-16-44(41)48-45(42)30-46-43/h1-30H. The molecule has 0 saturated heterocycles. The van der Waals surface area contributed by atoms with Crippen molar-refractivity contribution in [3.63, 3.8) is 0 Å². The van der Waals surface area contributed by atoms with E-state index in [0.29, 0.717) is 0 Å². The molecule has 0 atom stereocenters. The molecule has 48 heavy (non-hydrogen) atoms. The molecule has 226 valence electrons. The van der Waals surface area contributed by atoms with E-state index in [4.69, 9.17) is 9.40 Å². The normalized spacial score (nSPS) is 11.3. The summed E-state index contributed by atoms with van der Waals surface area (Å²) < 4.78 is 6.02. The first-order valence-corrected chi connectivity index (χ1v) is 16.2. The first-order valence-electron chi connectivity index (χ1n) is 16.2. The average molecular weight is 615 g/mol. The quantitative estimate of drug-likeness (QED) is 0.187. The molecular formula is C45H30N2O. The van der Waals surface area contributed by atoms with Crippen LogP contribution in [-0.2, 0) is 0 Å². The van der Waals surface area contributed by atoms with Gasteiger partial charge in [0.2, 0.25) is 0 Å². The predicted molar refractivity (Wildman–Crippen MR) is 200 cm³/mol. The van der Waals surface area contributed by atoms with Gasteiger partial charge in [-0.15, -0.1) is 0 Å². The Labute approximate surface area is 279 Å². The van der Waals surface area contributed by atoms with Gasteiger partial charge in [0.15, 0.2) is 5.58 Å². The molecule has 0 bridgehead atoms. The van der Waals surface area contributed by atoms with Crippen LogP contribution in [0.4, 0.5) is 17.1 Å². The Kier molecular flexibility index (Phi) is 6.80. The summed E-state index contributed by atoms with van der Waals surface area (Å²) in [4.78, 5) is 7.07. The summed E-state index contributed by atoms with van der Waals surface area (Å²) in [6.45, 7) is 0. The molecule has 2 heterocycles. The number of furan rings is 1. The Balaban J connectivity index is 1.10. The Morgan fingerprint density at radius 1 is 0.396 bits per heavy atom. The summed E-state index contributed by atoms with van der Waals surface area (Å²) in [6.07, 6.45) is 1.83. The van der Waals surface area contributed by atoms with Crippen molar-refractivity contribution in [2.24, 2.45) is 0 Å². The van der Waals surface area contributed by atoms with Crippen LogP contribution in [0.15, 0.2) is 187 Å². The van der Waals surface area contributed by atoms with Crippen LogP contribution < -0.4 is 4.90 Å². The van der Waals surface area contributed by atoms with E-state index in [1.165, 1.54) is 33.0 Å². The van der Waals surface area contributed by atoms with E-state index in [0.717, 1.165) is 50.3 Å². The predicted octanol–water partition coefficient (Wildman–Crippen LogP) is 12.6. The number of aromatic nitrogens is 1. The minimum atomic E-state index is 0.800. The lowest BCUT2D eigenvalue weighted by molar-refractivity contribution is 0.667. The molecule has 0 amide bonds. The molecule has 0 aliphatic carbocycles. The molecule has 9 aromatic rings. The molecule has 0 N–H and O–H groups in total. The molecule has 0 aliphatic heterocycles. The fraction of sp³-hybridized carbons (Fsp3) is 0. The molecule has 3 heteroatoms. The third-order valence-electron chi connectivity index (χ3n) is 9.14. The summed E-state index contributed by atoms with van der Waals surface area (Å²) in [7, 11) is 0. The van der Waals surface area contributed by atoms with Crippen molar-refractivity contribution in [3.8, 4) is 33.5 Å². The third kappa shape index (κ3) is 4.99. The maximum Gasteiger partial charge on any atom is 0.153 e. The second-order valence-electron chi connectivity index (χ2n) is 12.0. The molecule has 0 spiro atoms. The van der Waals surface area contributed by atoms with Gasteiger partial charge >= 0.3 is 0 Å². The summed E-state index contributed by atoms with van der Waals surface area (Å²) in [6, 6.07) is 62.2. The minimum absolute atomic E-state index is 0.800.